The maximum atomic E-state index is 12.8. The number of rotatable bonds is 5. The summed E-state index contributed by atoms with van der Waals surface area (Å²) in [6, 6.07) is 6.96. The van der Waals surface area contributed by atoms with E-state index in [0.29, 0.717) is 24.5 Å². The molecule has 26 heavy (non-hydrogen) atoms. The van der Waals surface area contributed by atoms with Crippen molar-refractivity contribution in [3.8, 4) is 0 Å². The van der Waals surface area contributed by atoms with Crippen LogP contribution in [0.5, 0.6) is 0 Å². The Morgan fingerprint density at radius 1 is 1.15 bits per heavy atom. The van der Waals surface area contributed by atoms with Crippen LogP contribution in [-0.2, 0) is 14.8 Å². The van der Waals surface area contributed by atoms with Crippen molar-refractivity contribution in [3.63, 3.8) is 0 Å². The van der Waals surface area contributed by atoms with Crippen LogP contribution in [0.25, 0.3) is 0 Å². The number of fused-ring (bicyclic) bond motifs is 1. The van der Waals surface area contributed by atoms with Gasteiger partial charge in [0, 0.05) is 37.7 Å². The summed E-state index contributed by atoms with van der Waals surface area (Å²) in [5.41, 5.74) is 0.677. The minimum absolute atomic E-state index is 0.0261. The molecule has 142 valence electrons. The number of carbonyl (C=O) groups is 1. The quantitative estimate of drug-likeness (QED) is 0.790. The van der Waals surface area contributed by atoms with Crippen LogP contribution in [0.2, 0.25) is 0 Å². The van der Waals surface area contributed by atoms with Crippen LogP contribution in [0.3, 0.4) is 0 Å². The van der Waals surface area contributed by atoms with E-state index in [0.717, 1.165) is 38.8 Å². The maximum Gasteiger partial charge on any atom is 0.285 e. The van der Waals surface area contributed by atoms with E-state index in [4.69, 9.17) is 0 Å². The Bertz CT molecular complexity index is 790. The van der Waals surface area contributed by atoms with Crippen LogP contribution < -0.4 is 0 Å². The molecule has 0 N–H and O–H groups in total. The summed E-state index contributed by atoms with van der Waals surface area (Å²) in [6.45, 7) is 7.12. The SMILES string of the molecule is CCCN(CCC)C(=O)C1CCN(C2=NS(=O)(=O)c3ccccc32)CC1. The zero-order valence-corrected chi connectivity index (χ0v) is 16.3. The van der Waals surface area contributed by atoms with Gasteiger partial charge in [-0.3, -0.25) is 4.79 Å². The molecule has 2 heterocycles. The average Bonchev–Trinajstić information content (AvgIpc) is 2.93. The number of sulfonamides is 1. The Balaban J connectivity index is 1.69. The first-order valence-corrected chi connectivity index (χ1v) is 10.9. The Morgan fingerprint density at radius 2 is 1.77 bits per heavy atom. The number of carbonyl (C=O) groups excluding carboxylic acids is 1. The second-order valence-electron chi connectivity index (χ2n) is 6.97. The Labute approximate surface area is 156 Å². The summed E-state index contributed by atoms with van der Waals surface area (Å²) in [5, 5.41) is 0. The molecule has 2 aliphatic heterocycles. The molecule has 0 aliphatic carbocycles. The summed E-state index contributed by atoms with van der Waals surface area (Å²) in [6.07, 6.45) is 3.42. The van der Waals surface area contributed by atoms with Gasteiger partial charge in [0.1, 0.15) is 4.90 Å². The van der Waals surface area contributed by atoms with Crippen molar-refractivity contribution in [1.82, 2.24) is 9.80 Å². The molecule has 1 aromatic carbocycles. The van der Waals surface area contributed by atoms with Crippen molar-refractivity contribution in [2.24, 2.45) is 10.3 Å². The average molecular weight is 378 g/mol. The van der Waals surface area contributed by atoms with E-state index < -0.39 is 10.0 Å². The molecule has 0 aromatic heterocycles. The lowest BCUT2D eigenvalue weighted by Gasteiger charge is -2.35. The summed E-state index contributed by atoms with van der Waals surface area (Å²) in [5.74, 6) is 0.804. The molecule has 1 fully saturated rings. The Hall–Kier alpha value is -1.89. The number of hydrogen-bond acceptors (Lipinski definition) is 4. The smallest absolute Gasteiger partial charge is 0.285 e. The van der Waals surface area contributed by atoms with Crippen molar-refractivity contribution in [3.05, 3.63) is 29.8 Å². The van der Waals surface area contributed by atoms with Crippen molar-refractivity contribution < 1.29 is 13.2 Å². The second-order valence-corrected chi connectivity index (χ2v) is 8.55. The number of likely N-dealkylation sites (tertiary alicyclic amines) is 1. The van der Waals surface area contributed by atoms with E-state index >= 15 is 0 Å². The van der Waals surface area contributed by atoms with Crippen LogP contribution in [0.4, 0.5) is 0 Å². The molecule has 0 atom stereocenters. The van der Waals surface area contributed by atoms with Gasteiger partial charge in [-0.25, -0.2) is 0 Å². The summed E-state index contributed by atoms with van der Waals surface area (Å²) in [7, 11) is -3.59. The number of amides is 1. The molecule has 1 amide bonds. The van der Waals surface area contributed by atoms with Gasteiger partial charge in [-0.05, 0) is 37.8 Å². The molecule has 0 bridgehead atoms. The maximum absolute atomic E-state index is 12.8. The normalized spacial score (nSPS) is 19.2. The van der Waals surface area contributed by atoms with E-state index in [1.54, 1.807) is 18.2 Å². The van der Waals surface area contributed by atoms with Gasteiger partial charge in [-0.2, -0.15) is 8.42 Å². The molecule has 2 aliphatic rings. The van der Waals surface area contributed by atoms with Gasteiger partial charge in [0.15, 0.2) is 5.84 Å². The lowest BCUT2D eigenvalue weighted by Crippen LogP contribution is -2.44. The Kier molecular flexibility index (Phi) is 5.65. The topological polar surface area (TPSA) is 70.1 Å². The highest BCUT2D eigenvalue weighted by Crippen LogP contribution is 2.30. The van der Waals surface area contributed by atoms with Gasteiger partial charge < -0.3 is 9.80 Å². The lowest BCUT2D eigenvalue weighted by molar-refractivity contribution is -0.136. The van der Waals surface area contributed by atoms with Gasteiger partial charge >= 0.3 is 0 Å². The van der Waals surface area contributed by atoms with E-state index in [1.807, 2.05) is 15.9 Å². The van der Waals surface area contributed by atoms with Crippen LogP contribution in [0, 0.1) is 5.92 Å². The zero-order chi connectivity index (χ0) is 18.7. The van der Waals surface area contributed by atoms with E-state index in [1.165, 1.54) is 0 Å². The third-order valence-electron chi connectivity index (χ3n) is 5.05. The first-order chi connectivity index (χ1) is 12.5. The molecule has 3 rings (SSSR count). The van der Waals surface area contributed by atoms with Crippen LogP contribution >= 0.6 is 0 Å². The van der Waals surface area contributed by atoms with E-state index in [-0.39, 0.29) is 16.7 Å². The third kappa shape index (κ3) is 3.63. The second kappa shape index (κ2) is 7.78. The minimum Gasteiger partial charge on any atom is -0.355 e. The molecule has 0 unspecified atom stereocenters. The van der Waals surface area contributed by atoms with E-state index in [2.05, 4.69) is 18.2 Å². The van der Waals surface area contributed by atoms with Crippen molar-refractivity contribution in [2.45, 2.75) is 44.4 Å². The number of nitrogens with zero attached hydrogens (tertiary/aromatic N) is 3. The number of hydrogen-bond donors (Lipinski definition) is 0. The molecule has 0 saturated carbocycles. The highest BCUT2D eigenvalue weighted by Gasteiger charge is 2.35. The fourth-order valence-electron chi connectivity index (χ4n) is 3.79. The first kappa shape index (κ1) is 18.9. The lowest BCUT2D eigenvalue weighted by atomic mass is 9.94. The predicted molar refractivity (Wildman–Crippen MR) is 102 cm³/mol. The molecular weight excluding hydrogens is 350 g/mol. The number of piperidine rings is 1. The summed E-state index contributed by atoms with van der Waals surface area (Å²) < 4.78 is 28.5. The van der Waals surface area contributed by atoms with Crippen molar-refractivity contribution in [1.29, 1.82) is 0 Å². The zero-order valence-electron chi connectivity index (χ0n) is 15.5. The minimum atomic E-state index is -3.59. The molecule has 7 heteroatoms. The van der Waals surface area contributed by atoms with Gasteiger partial charge in [-0.15, -0.1) is 4.40 Å². The molecule has 1 saturated heterocycles. The highest BCUT2D eigenvalue weighted by molar-refractivity contribution is 7.90. The highest BCUT2D eigenvalue weighted by atomic mass is 32.2. The first-order valence-electron chi connectivity index (χ1n) is 9.46. The van der Waals surface area contributed by atoms with Gasteiger partial charge in [0.2, 0.25) is 5.91 Å². The van der Waals surface area contributed by atoms with Gasteiger partial charge in [-0.1, -0.05) is 26.0 Å². The van der Waals surface area contributed by atoms with Crippen LogP contribution in [-0.4, -0.2) is 56.1 Å². The van der Waals surface area contributed by atoms with E-state index in [9.17, 15) is 13.2 Å². The van der Waals surface area contributed by atoms with Crippen LogP contribution in [0.1, 0.15) is 45.1 Å². The molecular formula is C19H27N3O3S. The molecule has 6 nitrogen and oxygen atoms in total. The standard InChI is InChI=1S/C19H27N3O3S/c1-3-11-22(12-4-2)19(23)15-9-13-21(14-10-15)18-16-7-5-6-8-17(16)26(24,25)20-18/h5-8,15H,3-4,9-14H2,1-2H3. The van der Waals surface area contributed by atoms with Crippen LogP contribution in [0.15, 0.2) is 33.6 Å². The number of amidine groups is 1. The van der Waals surface area contributed by atoms with Gasteiger partial charge in [0.05, 0.1) is 0 Å². The largest absolute Gasteiger partial charge is 0.355 e. The summed E-state index contributed by atoms with van der Waals surface area (Å²) >= 11 is 0. The fraction of sp³-hybridized carbons (Fsp3) is 0.579. The fourth-order valence-corrected chi connectivity index (χ4v) is 5.01. The van der Waals surface area contributed by atoms with Gasteiger partial charge in [0.25, 0.3) is 10.0 Å². The number of benzene rings is 1. The molecule has 0 spiro atoms. The molecule has 1 aromatic rings. The van der Waals surface area contributed by atoms with Crippen molar-refractivity contribution >= 4 is 21.8 Å². The summed E-state index contributed by atoms with van der Waals surface area (Å²) in [4.78, 5) is 17.1. The third-order valence-corrected chi connectivity index (χ3v) is 6.38. The molecule has 0 radical (unpaired) electrons. The monoisotopic (exact) mass is 377 g/mol. The predicted octanol–water partition coefficient (Wildman–Crippen LogP) is 2.50. The Morgan fingerprint density at radius 3 is 2.38 bits per heavy atom. The van der Waals surface area contributed by atoms with Crippen molar-refractivity contribution in [2.75, 3.05) is 26.2 Å².